The van der Waals surface area contributed by atoms with Crippen LogP contribution in [0.3, 0.4) is 0 Å². The van der Waals surface area contributed by atoms with Crippen LogP contribution in [0.1, 0.15) is 26.7 Å². The van der Waals surface area contributed by atoms with Crippen LogP contribution in [-0.2, 0) is 7.05 Å². The van der Waals surface area contributed by atoms with Gasteiger partial charge in [0.25, 0.3) is 5.56 Å². The van der Waals surface area contributed by atoms with Gasteiger partial charge in [-0.2, -0.15) is 0 Å². The van der Waals surface area contributed by atoms with Crippen molar-refractivity contribution in [3.05, 3.63) is 64.2 Å². The largest absolute Gasteiger partial charge is 0.338 e. The van der Waals surface area contributed by atoms with Gasteiger partial charge in [0.2, 0.25) is 5.95 Å². The molecule has 3 aromatic rings. The molecule has 6 nitrogen and oxygen atoms in total. The topological polar surface area (TPSA) is 63.0 Å². The number of hydrogen-bond acceptors (Lipinski definition) is 5. The number of benzene rings is 1. The lowest BCUT2D eigenvalue weighted by Gasteiger charge is -2.29. The molecule has 0 bridgehead atoms. The van der Waals surface area contributed by atoms with Crippen LogP contribution in [0.15, 0.2) is 53.6 Å². The van der Waals surface area contributed by atoms with E-state index in [1.807, 2.05) is 31.3 Å². The summed E-state index contributed by atoms with van der Waals surface area (Å²) >= 11 is 6.09. The predicted molar refractivity (Wildman–Crippen MR) is 127 cm³/mol. The summed E-state index contributed by atoms with van der Waals surface area (Å²) in [5.41, 5.74) is 2.85. The molecule has 1 saturated heterocycles. The predicted octanol–water partition coefficient (Wildman–Crippen LogP) is 4.13. The molecular formula is C24H28ClN5O. The lowest BCUT2D eigenvalue weighted by Crippen LogP contribution is -2.43. The Morgan fingerprint density at radius 1 is 1.13 bits per heavy atom. The van der Waals surface area contributed by atoms with E-state index >= 15 is 0 Å². The zero-order chi connectivity index (χ0) is 22.0. The van der Waals surface area contributed by atoms with Crippen molar-refractivity contribution in [1.29, 1.82) is 0 Å². The smallest absolute Gasteiger partial charge is 0.263 e. The molecule has 0 saturated carbocycles. The van der Waals surface area contributed by atoms with Gasteiger partial charge in [0.1, 0.15) is 0 Å². The minimum atomic E-state index is -0.0680. The highest BCUT2D eigenvalue weighted by Crippen LogP contribution is 2.32. The molecule has 0 radical (unpaired) electrons. The van der Waals surface area contributed by atoms with Crippen molar-refractivity contribution in [2.45, 2.75) is 38.8 Å². The average molecular weight is 438 g/mol. The van der Waals surface area contributed by atoms with Crippen molar-refractivity contribution in [3.63, 3.8) is 0 Å². The number of aromatic nitrogens is 3. The molecule has 162 valence electrons. The van der Waals surface area contributed by atoms with Gasteiger partial charge in [-0.3, -0.25) is 14.3 Å². The van der Waals surface area contributed by atoms with Gasteiger partial charge >= 0.3 is 0 Å². The number of hydrogen-bond donors (Lipinski definition) is 1. The monoisotopic (exact) mass is 437 g/mol. The Morgan fingerprint density at radius 2 is 1.84 bits per heavy atom. The van der Waals surface area contributed by atoms with E-state index in [1.165, 1.54) is 0 Å². The molecule has 4 rings (SSSR count). The van der Waals surface area contributed by atoms with E-state index in [9.17, 15) is 4.79 Å². The standard InChI is InChI=1S/C24H28ClN5O/c1-16(2)27-15-20-5-4-14-30(20)24-28-22(18-10-12-26-13-11-18)21(23(31)29(24)3)17-6-8-19(25)9-7-17/h6-13,16,20,27H,4-5,14-15H2,1-3H3/t20-/m0/s1. The van der Waals surface area contributed by atoms with Crippen LogP contribution >= 0.6 is 11.6 Å². The van der Waals surface area contributed by atoms with Gasteiger partial charge in [-0.1, -0.05) is 37.6 Å². The summed E-state index contributed by atoms with van der Waals surface area (Å²) in [6.07, 6.45) is 5.62. The van der Waals surface area contributed by atoms with Crippen LogP contribution in [0, 0.1) is 0 Å². The van der Waals surface area contributed by atoms with E-state index in [0.29, 0.717) is 34.3 Å². The van der Waals surface area contributed by atoms with E-state index < -0.39 is 0 Å². The van der Waals surface area contributed by atoms with E-state index in [4.69, 9.17) is 16.6 Å². The normalized spacial score (nSPS) is 16.3. The summed E-state index contributed by atoms with van der Waals surface area (Å²) in [5, 5.41) is 4.17. The second-order valence-electron chi connectivity index (χ2n) is 8.29. The fourth-order valence-electron chi connectivity index (χ4n) is 4.13. The van der Waals surface area contributed by atoms with Gasteiger partial charge in [0.15, 0.2) is 0 Å². The summed E-state index contributed by atoms with van der Waals surface area (Å²) in [7, 11) is 1.81. The first-order valence-electron chi connectivity index (χ1n) is 10.7. The number of nitrogens with one attached hydrogen (secondary N) is 1. The summed E-state index contributed by atoms with van der Waals surface area (Å²) in [6.45, 7) is 6.06. The molecule has 1 N–H and O–H groups in total. The number of pyridine rings is 1. The van der Waals surface area contributed by atoms with Gasteiger partial charge in [-0.15, -0.1) is 0 Å². The quantitative estimate of drug-likeness (QED) is 0.628. The Morgan fingerprint density at radius 3 is 2.52 bits per heavy atom. The third-order valence-electron chi connectivity index (χ3n) is 5.75. The summed E-state index contributed by atoms with van der Waals surface area (Å²) in [4.78, 5) is 25.1. The summed E-state index contributed by atoms with van der Waals surface area (Å²) in [6, 6.07) is 11.9. The molecule has 1 atom stereocenters. The molecule has 0 unspecified atom stereocenters. The van der Waals surface area contributed by atoms with E-state index in [2.05, 4.69) is 29.0 Å². The molecule has 2 aromatic heterocycles. The number of anilines is 1. The van der Waals surface area contributed by atoms with E-state index in [0.717, 1.165) is 37.1 Å². The van der Waals surface area contributed by atoms with Crippen LogP contribution in [0.2, 0.25) is 5.02 Å². The SMILES string of the molecule is CC(C)NC[C@@H]1CCCN1c1nc(-c2ccncc2)c(-c2ccc(Cl)cc2)c(=O)n1C. The van der Waals surface area contributed by atoms with Crippen molar-refractivity contribution in [2.24, 2.45) is 7.05 Å². The first-order valence-corrected chi connectivity index (χ1v) is 11.1. The van der Waals surface area contributed by atoms with Crippen LogP contribution in [0.25, 0.3) is 22.4 Å². The maximum atomic E-state index is 13.6. The molecule has 0 amide bonds. The van der Waals surface area contributed by atoms with Crippen molar-refractivity contribution in [1.82, 2.24) is 19.9 Å². The van der Waals surface area contributed by atoms with Crippen LogP contribution in [0.5, 0.6) is 0 Å². The number of rotatable bonds is 6. The third kappa shape index (κ3) is 4.50. The molecule has 0 aliphatic carbocycles. The van der Waals surface area contributed by atoms with E-state index in [-0.39, 0.29) is 5.56 Å². The number of halogens is 1. The molecular weight excluding hydrogens is 410 g/mol. The molecule has 7 heteroatoms. The molecule has 31 heavy (non-hydrogen) atoms. The molecule has 1 fully saturated rings. The van der Waals surface area contributed by atoms with Crippen LogP contribution in [0.4, 0.5) is 5.95 Å². The zero-order valence-corrected chi connectivity index (χ0v) is 18.9. The molecule has 1 aromatic carbocycles. The fourth-order valence-corrected chi connectivity index (χ4v) is 4.25. The van der Waals surface area contributed by atoms with Gasteiger partial charge < -0.3 is 10.2 Å². The van der Waals surface area contributed by atoms with Crippen LogP contribution < -0.4 is 15.8 Å². The summed E-state index contributed by atoms with van der Waals surface area (Å²) in [5.74, 6) is 0.711. The number of nitrogens with zero attached hydrogens (tertiary/aromatic N) is 4. The summed E-state index contributed by atoms with van der Waals surface area (Å²) < 4.78 is 1.68. The Kier molecular flexibility index (Phi) is 6.39. The lowest BCUT2D eigenvalue weighted by atomic mass is 10.0. The van der Waals surface area contributed by atoms with Gasteiger partial charge in [0, 0.05) is 55.2 Å². The minimum absolute atomic E-state index is 0.0680. The van der Waals surface area contributed by atoms with Crippen molar-refractivity contribution < 1.29 is 0 Å². The molecule has 3 heterocycles. The highest BCUT2D eigenvalue weighted by atomic mass is 35.5. The van der Waals surface area contributed by atoms with Crippen LogP contribution in [-0.4, -0.2) is 39.7 Å². The molecule has 1 aliphatic rings. The van der Waals surface area contributed by atoms with Gasteiger partial charge in [-0.25, -0.2) is 4.98 Å². The van der Waals surface area contributed by atoms with E-state index in [1.54, 1.807) is 29.1 Å². The highest BCUT2D eigenvalue weighted by Gasteiger charge is 2.29. The highest BCUT2D eigenvalue weighted by molar-refractivity contribution is 6.30. The van der Waals surface area contributed by atoms with Crippen molar-refractivity contribution >= 4 is 17.5 Å². The third-order valence-corrected chi connectivity index (χ3v) is 6.00. The first-order chi connectivity index (χ1) is 15.0. The Balaban J connectivity index is 1.86. The van der Waals surface area contributed by atoms with Gasteiger partial charge in [0.05, 0.1) is 11.3 Å². The first kappa shape index (κ1) is 21.5. The fraction of sp³-hybridized carbons (Fsp3) is 0.375. The Labute approximate surface area is 187 Å². The average Bonchev–Trinajstić information content (AvgIpc) is 3.24. The van der Waals surface area contributed by atoms with Crippen molar-refractivity contribution in [2.75, 3.05) is 18.0 Å². The second kappa shape index (κ2) is 9.20. The Bertz CT molecular complexity index is 1100. The van der Waals surface area contributed by atoms with Crippen molar-refractivity contribution in [3.8, 4) is 22.4 Å². The minimum Gasteiger partial charge on any atom is -0.338 e. The maximum absolute atomic E-state index is 13.6. The second-order valence-corrected chi connectivity index (χ2v) is 8.73. The van der Waals surface area contributed by atoms with Gasteiger partial charge in [-0.05, 0) is 42.7 Å². The Hall–Kier alpha value is -2.70. The zero-order valence-electron chi connectivity index (χ0n) is 18.2. The molecule has 1 aliphatic heterocycles. The molecule has 0 spiro atoms. The lowest BCUT2D eigenvalue weighted by molar-refractivity contribution is 0.517. The maximum Gasteiger partial charge on any atom is 0.263 e.